The smallest absolute Gasteiger partial charge is 0.0629 e. The van der Waals surface area contributed by atoms with E-state index in [2.05, 4.69) is 185 Å². The molecule has 0 bridgehead atoms. The Morgan fingerprint density at radius 2 is 0.693 bits per heavy atom. The molecule has 0 amide bonds. The molecule has 0 saturated carbocycles. The Bertz CT molecular complexity index is 4770. The number of rotatable bonds is 5. The summed E-state index contributed by atoms with van der Waals surface area (Å²) in [4.78, 5) is 0. The molecule has 0 unspecified atom stereocenters. The molecule has 0 aliphatic rings. The third kappa shape index (κ3) is 8.05. The third-order valence-electron chi connectivity index (χ3n) is 14.6. The van der Waals surface area contributed by atoms with Crippen molar-refractivity contribution in [3.8, 4) is 39.3 Å². The van der Waals surface area contributed by atoms with Crippen molar-refractivity contribution in [2.75, 3.05) is 0 Å². The minimum Gasteiger partial charge on any atom is -0.309 e. The first-order valence-electron chi connectivity index (χ1n) is 30.8. The highest BCUT2D eigenvalue weighted by molar-refractivity contribution is 6.20. The van der Waals surface area contributed by atoms with Gasteiger partial charge in [0.05, 0.1) is 52.5 Å². The number of fused-ring (bicyclic) bond motifs is 9. The van der Waals surface area contributed by atoms with E-state index in [9.17, 15) is 0 Å². The predicted octanol–water partition coefficient (Wildman–Crippen LogP) is 19.9. The Kier molecular flexibility index (Phi) is 9.07. The fourth-order valence-electron chi connectivity index (χ4n) is 11.7. The number of para-hydroxylation sites is 4. The molecule has 0 spiro atoms. The summed E-state index contributed by atoms with van der Waals surface area (Å²) in [5, 5.41) is 6.17. The second-order valence-corrected chi connectivity index (χ2v) is 22.6. The molecule has 10 aromatic carbocycles. The number of aromatic nitrogens is 3. The highest BCUT2D eigenvalue weighted by Gasteiger charge is 2.32. The Hall–Kier alpha value is -8.40. The first-order chi connectivity index (χ1) is 40.3. The van der Waals surface area contributed by atoms with Gasteiger partial charge in [0.25, 0.3) is 0 Å². The van der Waals surface area contributed by atoms with Crippen LogP contribution in [0, 0.1) is 0 Å². The average Bonchev–Trinajstić information content (AvgIpc) is 1.62. The molecule has 3 nitrogen and oxygen atoms in total. The minimum atomic E-state index is -0.397. The van der Waals surface area contributed by atoms with E-state index in [1.54, 1.807) is 0 Å². The van der Waals surface area contributed by atoms with Crippen molar-refractivity contribution in [1.82, 2.24) is 13.7 Å². The Balaban J connectivity index is 0.000000171. The van der Waals surface area contributed by atoms with E-state index < -0.39 is 6.04 Å². The van der Waals surface area contributed by atoms with Crippen molar-refractivity contribution in [2.45, 2.75) is 78.6 Å². The second kappa shape index (κ2) is 18.2. The quantitative estimate of drug-likeness (QED) is 0.163. The molecule has 0 N–H and O–H groups in total. The Morgan fingerprint density at radius 3 is 1.13 bits per heavy atom. The van der Waals surface area contributed by atoms with E-state index in [1.807, 2.05) is 60.7 Å². The highest BCUT2D eigenvalue weighted by atomic mass is 15.0. The van der Waals surface area contributed by atoms with E-state index >= 15 is 0 Å². The van der Waals surface area contributed by atoms with E-state index in [4.69, 9.17) is 13.7 Å². The van der Waals surface area contributed by atoms with Gasteiger partial charge in [-0.2, -0.15) is 0 Å². The molecule has 75 heavy (non-hydrogen) atoms. The Morgan fingerprint density at radius 1 is 0.307 bits per heavy atom. The highest BCUT2D eigenvalue weighted by Crippen LogP contribution is 2.49. The molecule has 3 aromatic heterocycles. The SMILES string of the molecule is [2H]c1c([2H])c([2H])c(-c2cccc3c2c2c(C(C)(C)C)c(-n4c5ccccc5c5ccccc54)ccc2n3-c2ccccc2)c([2H])c1[2H].[2H]c1c([2H])c([2H])c(-c2cccc3c2c2c(C(C)(C)C)c(C(C)(C)C)ccc2n3-c2ccccc2)c([2H])c1[2H]. The van der Waals surface area contributed by atoms with Crippen LogP contribution < -0.4 is 0 Å². The molecule has 368 valence electrons. The molecule has 0 aliphatic heterocycles. The van der Waals surface area contributed by atoms with E-state index in [-0.39, 0.29) is 81.8 Å². The summed E-state index contributed by atoms with van der Waals surface area (Å²) in [5.74, 6) is 0. The molecule has 0 aliphatic carbocycles. The largest absolute Gasteiger partial charge is 0.309 e. The van der Waals surface area contributed by atoms with Crippen LogP contribution in [0.3, 0.4) is 0 Å². The maximum absolute atomic E-state index is 8.96. The van der Waals surface area contributed by atoms with Gasteiger partial charge in [0.1, 0.15) is 0 Å². The van der Waals surface area contributed by atoms with Gasteiger partial charge in [0.2, 0.25) is 0 Å². The summed E-state index contributed by atoms with van der Waals surface area (Å²) in [6.07, 6.45) is 0. The molecule has 0 saturated heterocycles. The number of hydrogen-bond donors (Lipinski definition) is 0. The lowest BCUT2D eigenvalue weighted by atomic mass is 9.73. The van der Waals surface area contributed by atoms with E-state index in [1.165, 1.54) is 21.9 Å². The van der Waals surface area contributed by atoms with Gasteiger partial charge < -0.3 is 13.7 Å². The van der Waals surface area contributed by atoms with Gasteiger partial charge in [-0.25, -0.2) is 0 Å². The summed E-state index contributed by atoms with van der Waals surface area (Å²) in [6, 6.07) is 54.9. The maximum Gasteiger partial charge on any atom is 0.0629 e. The number of benzene rings is 10. The minimum absolute atomic E-state index is 0.121. The maximum atomic E-state index is 8.96. The van der Waals surface area contributed by atoms with Gasteiger partial charge in [-0.15, -0.1) is 0 Å². The fraction of sp³-hybridized carbons (Fsp3) is 0.167. The van der Waals surface area contributed by atoms with Crippen LogP contribution in [0.4, 0.5) is 0 Å². The molecular formula is C72H65N3. The summed E-state index contributed by atoms with van der Waals surface area (Å²) < 4.78 is 92.3. The first kappa shape index (κ1) is 37.3. The molecule has 3 heteroatoms. The van der Waals surface area contributed by atoms with Crippen molar-refractivity contribution < 1.29 is 13.7 Å². The average molecular weight is 982 g/mol. The molecule has 13 rings (SSSR count). The summed E-state index contributed by atoms with van der Waals surface area (Å²) in [5.41, 5.74) is 13.7. The molecular weight excluding hydrogens is 907 g/mol. The van der Waals surface area contributed by atoms with Gasteiger partial charge in [-0.3, -0.25) is 0 Å². The van der Waals surface area contributed by atoms with Crippen LogP contribution in [0.1, 0.15) is 92.7 Å². The fourth-order valence-corrected chi connectivity index (χ4v) is 11.7. The summed E-state index contributed by atoms with van der Waals surface area (Å²) in [6.45, 7) is 20.0. The van der Waals surface area contributed by atoms with Crippen LogP contribution in [0.25, 0.3) is 105 Å². The molecule has 13 aromatic rings. The van der Waals surface area contributed by atoms with E-state index in [0.29, 0.717) is 11.1 Å². The molecule has 0 fully saturated rings. The van der Waals surface area contributed by atoms with Crippen LogP contribution in [-0.2, 0) is 16.2 Å². The van der Waals surface area contributed by atoms with Crippen LogP contribution in [0.5, 0.6) is 0 Å². The normalized spacial score (nSPS) is 14.2. The standard InChI is InChI=1S/C40H32N2.C32H33N/c1-40(2,3)39-36(42-32-22-12-10-19-30(32)31-20-11-13-23-33(31)42)26-25-35-38(39)37-29(27-15-6-4-7-16-27)21-14-24-34(37)41(35)28-17-8-5-9-18-28;1-31(2,3)25-20-21-27-29(30(25)32(4,5)6)28-24(22-14-9-7-10-15-22)18-13-19-26(28)33(27)23-16-11-8-12-17-23/h4-26H,1-3H3;7-21H,1-6H3/i4D,6D,7D,15D,16D;7D,9D,10D,14D,15D. The van der Waals surface area contributed by atoms with Crippen LogP contribution in [0.15, 0.2) is 230 Å². The monoisotopic (exact) mass is 982 g/mol. The lowest BCUT2D eigenvalue weighted by Gasteiger charge is -2.31. The van der Waals surface area contributed by atoms with Crippen molar-refractivity contribution in [3.63, 3.8) is 0 Å². The van der Waals surface area contributed by atoms with Crippen molar-refractivity contribution >= 4 is 65.4 Å². The van der Waals surface area contributed by atoms with E-state index in [0.717, 1.165) is 77.3 Å². The lowest BCUT2D eigenvalue weighted by Crippen LogP contribution is -2.22. The van der Waals surface area contributed by atoms with Crippen LogP contribution in [0.2, 0.25) is 0 Å². The zero-order valence-electron chi connectivity index (χ0n) is 54.0. The predicted molar refractivity (Wildman–Crippen MR) is 323 cm³/mol. The van der Waals surface area contributed by atoms with Crippen molar-refractivity contribution in [2.24, 2.45) is 0 Å². The lowest BCUT2D eigenvalue weighted by molar-refractivity contribution is 0.535. The Labute approximate surface area is 456 Å². The summed E-state index contributed by atoms with van der Waals surface area (Å²) in [7, 11) is 0. The topological polar surface area (TPSA) is 14.8 Å². The van der Waals surface area contributed by atoms with Crippen molar-refractivity contribution in [1.29, 1.82) is 0 Å². The molecule has 0 atom stereocenters. The molecule has 0 radical (unpaired) electrons. The number of hydrogen-bond acceptors (Lipinski definition) is 0. The van der Waals surface area contributed by atoms with Gasteiger partial charge in [-0.1, -0.05) is 226 Å². The zero-order valence-corrected chi connectivity index (χ0v) is 44.0. The van der Waals surface area contributed by atoms with Crippen molar-refractivity contribution in [3.05, 3.63) is 247 Å². The van der Waals surface area contributed by atoms with Gasteiger partial charge in [-0.05, 0) is 122 Å². The van der Waals surface area contributed by atoms with Crippen LogP contribution in [-0.4, -0.2) is 13.7 Å². The second-order valence-electron chi connectivity index (χ2n) is 22.6. The zero-order chi connectivity index (χ0) is 60.5. The van der Waals surface area contributed by atoms with Gasteiger partial charge in [0.15, 0.2) is 0 Å². The first-order valence-corrected chi connectivity index (χ1v) is 25.8. The summed E-state index contributed by atoms with van der Waals surface area (Å²) >= 11 is 0. The van der Waals surface area contributed by atoms with Gasteiger partial charge in [0, 0.05) is 43.7 Å². The number of nitrogens with zero attached hydrogens (tertiary/aromatic N) is 3. The van der Waals surface area contributed by atoms with Gasteiger partial charge >= 0.3 is 0 Å². The van der Waals surface area contributed by atoms with Crippen LogP contribution >= 0.6 is 0 Å². The molecule has 3 heterocycles. The third-order valence-corrected chi connectivity index (χ3v) is 14.6.